The van der Waals surface area contributed by atoms with E-state index in [0.717, 1.165) is 17.6 Å². The van der Waals surface area contributed by atoms with E-state index in [9.17, 15) is 13.2 Å². The number of benzene rings is 2. The van der Waals surface area contributed by atoms with Crippen LogP contribution in [0.2, 0.25) is 0 Å². The molecule has 0 aliphatic rings. The molecule has 2 aromatic rings. The molecule has 0 fully saturated rings. The Hall–Kier alpha value is -2.74. The highest BCUT2D eigenvalue weighted by molar-refractivity contribution is 7.92. The second-order valence-corrected chi connectivity index (χ2v) is 8.62. The quantitative estimate of drug-likeness (QED) is 0.692. The van der Waals surface area contributed by atoms with Crippen molar-refractivity contribution >= 4 is 21.6 Å². The van der Waals surface area contributed by atoms with E-state index < -0.39 is 10.0 Å². The lowest BCUT2D eigenvalue weighted by molar-refractivity contribution is -0.123. The minimum atomic E-state index is -3.32. The van der Waals surface area contributed by atoms with Gasteiger partial charge in [-0.25, -0.2) is 8.42 Å². The van der Waals surface area contributed by atoms with Crippen molar-refractivity contribution in [2.24, 2.45) is 0 Å². The van der Waals surface area contributed by atoms with Gasteiger partial charge in [0, 0.05) is 13.6 Å². The largest absolute Gasteiger partial charge is 0.491 e. The van der Waals surface area contributed by atoms with E-state index in [2.05, 4.69) is 5.32 Å². The SMILES string of the molecule is CC(C)Oc1cccc(CNC(=O)COc2ccc(N(C)S(C)(=O)=O)cc2)c1. The molecule has 1 amide bonds. The predicted molar refractivity (Wildman–Crippen MR) is 109 cm³/mol. The third-order valence-corrected chi connectivity index (χ3v) is 5.03. The molecule has 0 unspecified atom stereocenters. The first-order valence-corrected chi connectivity index (χ1v) is 10.7. The molecule has 0 aliphatic carbocycles. The minimum Gasteiger partial charge on any atom is -0.491 e. The predicted octanol–water partition coefficient (Wildman–Crippen LogP) is 2.56. The zero-order valence-electron chi connectivity index (χ0n) is 16.5. The molecular weight excluding hydrogens is 380 g/mol. The van der Waals surface area contributed by atoms with Crippen LogP contribution in [0.5, 0.6) is 11.5 Å². The van der Waals surface area contributed by atoms with Crippen LogP contribution in [0.4, 0.5) is 5.69 Å². The van der Waals surface area contributed by atoms with Crippen molar-refractivity contribution < 1.29 is 22.7 Å². The van der Waals surface area contributed by atoms with Gasteiger partial charge in [-0.05, 0) is 55.8 Å². The number of nitrogens with one attached hydrogen (secondary N) is 1. The third-order valence-electron chi connectivity index (χ3n) is 3.83. The second kappa shape index (κ2) is 9.45. The fourth-order valence-electron chi connectivity index (χ4n) is 2.35. The molecule has 0 bridgehead atoms. The summed E-state index contributed by atoms with van der Waals surface area (Å²) in [6.07, 6.45) is 1.22. The lowest BCUT2D eigenvalue weighted by Gasteiger charge is -2.16. The van der Waals surface area contributed by atoms with Crippen LogP contribution >= 0.6 is 0 Å². The fourth-order valence-corrected chi connectivity index (χ4v) is 2.85. The van der Waals surface area contributed by atoms with E-state index in [4.69, 9.17) is 9.47 Å². The van der Waals surface area contributed by atoms with Crippen LogP contribution in [0, 0.1) is 0 Å². The van der Waals surface area contributed by atoms with E-state index in [-0.39, 0.29) is 18.6 Å². The first kappa shape index (κ1) is 21.6. The summed E-state index contributed by atoms with van der Waals surface area (Å²) in [6, 6.07) is 14.0. The normalized spacial score (nSPS) is 11.2. The molecule has 0 radical (unpaired) electrons. The van der Waals surface area contributed by atoms with Crippen molar-refractivity contribution in [2.75, 3.05) is 24.2 Å². The van der Waals surface area contributed by atoms with Gasteiger partial charge in [0.25, 0.3) is 5.91 Å². The summed E-state index contributed by atoms with van der Waals surface area (Å²) in [5, 5.41) is 2.79. The maximum atomic E-state index is 12.0. The topological polar surface area (TPSA) is 84.9 Å². The van der Waals surface area contributed by atoms with Crippen LogP contribution in [-0.4, -0.2) is 40.3 Å². The second-order valence-electron chi connectivity index (χ2n) is 6.60. The molecule has 1 N–H and O–H groups in total. The van der Waals surface area contributed by atoms with E-state index in [1.165, 1.54) is 11.4 Å². The average molecular weight is 407 g/mol. The van der Waals surface area contributed by atoms with Crippen molar-refractivity contribution in [1.29, 1.82) is 0 Å². The van der Waals surface area contributed by atoms with Crippen LogP contribution in [0.15, 0.2) is 48.5 Å². The first-order valence-electron chi connectivity index (χ1n) is 8.84. The highest BCUT2D eigenvalue weighted by Crippen LogP contribution is 2.20. The van der Waals surface area contributed by atoms with E-state index >= 15 is 0 Å². The molecule has 0 aromatic heterocycles. The molecule has 8 heteroatoms. The monoisotopic (exact) mass is 406 g/mol. The summed E-state index contributed by atoms with van der Waals surface area (Å²) >= 11 is 0. The summed E-state index contributed by atoms with van der Waals surface area (Å²) in [6.45, 7) is 4.15. The Morgan fingerprint density at radius 3 is 2.39 bits per heavy atom. The number of nitrogens with zero attached hydrogens (tertiary/aromatic N) is 1. The van der Waals surface area contributed by atoms with Crippen molar-refractivity contribution in [3.05, 3.63) is 54.1 Å². The number of rotatable bonds is 9. The van der Waals surface area contributed by atoms with Gasteiger partial charge >= 0.3 is 0 Å². The number of anilines is 1. The van der Waals surface area contributed by atoms with Crippen molar-refractivity contribution in [3.8, 4) is 11.5 Å². The number of sulfonamides is 1. The lowest BCUT2D eigenvalue weighted by Crippen LogP contribution is -2.28. The number of carbonyl (C=O) groups excluding carboxylic acids is 1. The van der Waals surface area contributed by atoms with Crippen molar-refractivity contribution in [2.45, 2.75) is 26.5 Å². The summed E-state index contributed by atoms with van der Waals surface area (Å²) in [7, 11) is -1.85. The molecule has 0 heterocycles. The van der Waals surface area contributed by atoms with Gasteiger partial charge in [0.15, 0.2) is 6.61 Å². The van der Waals surface area contributed by atoms with Gasteiger partial charge in [-0.1, -0.05) is 12.1 Å². The van der Waals surface area contributed by atoms with Crippen LogP contribution < -0.4 is 19.1 Å². The smallest absolute Gasteiger partial charge is 0.258 e. The van der Waals surface area contributed by atoms with Gasteiger partial charge in [0.1, 0.15) is 11.5 Å². The summed E-state index contributed by atoms with van der Waals surface area (Å²) < 4.78 is 35.3. The van der Waals surface area contributed by atoms with E-state index in [1.54, 1.807) is 24.3 Å². The number of hydrogen-bond acceptors (Lipinski definition) is 5. The van der Waals surface area contributed by atoms with Gasteiger partial charge in [-0.2, -0.15) is 0 Å². The Morgan fingerprint density at radius 2 is 1.79 bits per heavy atom. The standard InChI is InChI=1S/C20H26N2O5S/c1-15(2)27-19-7-5-6-16(12-19)13-21-20(23)14-26-18-10-8-17(9-11-18)22(3)28(4,24)25/h5-12,15H,13-14H2,1-4H3,(H,21,23). The molecule has 2 rings (SSSR count). The fraction of sp³-hybridized carbons (Fsp3) is 0.350. The van der Waals surface area contributed by atoms with Crippen molar-refractivity contribution in [1.82, 2.24) is 5.32 Å². The van der Waals surface area contributed by atoms with Gasteiger partial charge < -0.3 is 14.8 Å². The Kier molecular flexibility index (Phi) is 7.28. The summed E-state index contributed by atoms with van der Waals surface area (Å²) in [5.74, 6) is 0.984. The lowest BCUT2D eigenvalue weighted by atomic mass is 10.2. The Bertz CT molecular complexity index is 895. The molecule has 0 saturated heterocycles. The van der Waals surface area contributed by atoms with Crippen LogP contribution in [0.1, 0.15) is 19.4 Å². The van der Waals surface area contributed by atoms with E-state index in [1.807, 2.05) is 38.1 Å². The Balaban J connectivity index is 1.83. The van der Waals surface area contributed by atoms with Crippen LogP contribution in [0.25, 0.3) is 0 Å². The maximum absolute atomic E-state index is 12.0. The van der Waals surface area contributed by atoms with Crippen LogP contribution in [-0.2, 0) is 21.4 Å². The minimum absolute atomic E-state index is 0.0850. The van der Waals surface area contributed by atoms with E-state index in [0.29, 0.717) is 18.0 Å². The highest BCUT2D eigenvalue weighted by Gasteiger charge is 2.12. The third kappa shape index (κ3) is 6.77. The zero-order valence-corrected chi connectivity index (χ0v) is 17.3. The van der Waals surface area contributed by atoms with Gasteiger partial charge in [-0.3, -0.25) is 9.10 Å². The molecule has 28 heavy (non-hydrogen) atoms. The van der Waals surface area contributed by atoms with Gasteiger partial charge in [0.2, 0.25) is 10.0 Å². The zero-order chi connectivity index (χ0) is 20.7. The number of carbonyl (C=O) groups is 1. The first-order chi connectivity index (χ1) is 13.1. The van der Waals surface area contributed by atoms with Crippen molar-refractivity contribution in [3.63, 3.8) is 0 Å². The number of amides is 1. The average Bonchev–Trinajstić information content (AvgIpc) is 2.63. The molecule has 0 aliphatic heterocycles. The van der Waals surface area contributed by atoms with Gasteiger partial charge in [0.05, 0.1) is 18.0 Å². The number of hydrogen-bond donors (Lipinski definition) is 1. The summed E-state index contributed by atoms with van der Waals surface area (Å²) in [5.41, 5.74) is 1.45. The Morgan fingerprint density at radius 1 is 1.11 bits per heavy atom. The molecule has 7 nitrogen and oxygen atoms in total. The molecule has 152 valence electrons. The summed E-state index contributed by atoms with van der Waals surface area (Å²) in [4.78, 5) is 12.0. The molecule has 0 atom stereocenters. The molecular formula is C20H26N2O5S. The molecule has 0 spiro atoms. The molecule has 0 saturated carbocycles. The highest BCUT2D eigenvalue weighted by atomic mass is 32.2. The maximum Gasteiger partial charge on any atom is 0.258 e. The van der Waals surface area contributed by atoms with Gasteiger partial charge in [-0.15, -0.1) is 0 Å². The van der Waals surface area contributed by atoms with Crippen LogP contribution in [0.3, 0.4) is 0 Å². The molecule has 2 aromatic carbocycles. The number of ether oxygens (including phenoxy) is 2. The Labute approximate surface area is 166 Å².